The lowest BCUT2D eigenvalue weighted by molar-refractivity contribution is 0.0949. The van der Waals surface area contributed by atoms with Gasteiger partial charge in [-0.05, 0) is 24.5 Å². The number of anilines is 1. The van der Waals surface area contributed by atoms with Gasteiger partial charge in [-0.15, -0.1) is 0 Å². The second-order valence-corrected chi connectivity index (χ2v) is 4.18. The summed E-state index contributed by atoms with van der Waals surface area (Å²) >= 11 is 0. The van der Waals surface area contributed by atoms with Crippen molar-refractivity contribution in [1.29, 1.82) is 0 Å². The summed E-state index contributed by atoms with van der Waals surface area (Å²) < 4.78 is 0. The van der Waals surface area contributed by atoms with Crippen LogP contribution in [-0.4, -0.2) is 17.6 Å². The average molecular weight is 222 g/mol. The lowest BCUT2D eigenvalue weighted by Gasteiger charge is -2.09. The SMILES string of the molecule is CC(C)CCNC(=O)c1cccc(N)c1O. The van der Waals surface area contributed by atoms with E-state index in [1.165, 1.54) is 0 Å². The van der Waals surface area contributed by atoms with Gasteiger partial charge in [0.1, 0.15) is 0 Å². The van der Waals surface area contributed by atoms with Crippen molar-refractivity contribution in [2.75, 3.05) is 12.3 Å². The van der Waals surface area contributed by atoms with Gasteiger partial charge in [0, 0.05) is 6.54 Å². The van der Waals surface area contributed by atoms with Gasteiger partial charge >= 0.3 is 0 Å². The van der Waals surface area contributed by atoms with Crippen LogP contribution in [0.1, 0.15) is 30.6 Å². The van der Waals surface area contributed by atoms with E-state index in [1.54, 1.807) is 18.2 Å². The van der Waals surface area contributed by atoms with Crippen molar-refractivity contribution in [3.63, 3.8) is 0 Å². The summed E-state index contributed by atoms with van der Waals surface area (Å²) in [7, 11) is 0. The quantitative estimate of drug-likeness (QED) is 0.536. The number of benzene rings is 1. The number of hydrogen-bond acceptors (Lipinski definition) is 3. The molecule has 0 saturated heterocycles. The molecule has 0 fully saturated rings. The minimum Gasteiger partial charge on any atom is -0.505 e. The number of nitrogens with one attached hydrogen (secondary N) is 1. The van der Waals surface area contributed by atoms with E-state index < -0.39 is 0 Å². The molecule has 0 saturated carbocycles. The van der Waals surface area contributed by atoms with Crippen LogP contribution in [0.15, 0.2) is 18.2 Å². The minimum absolute atomic E-state index is 0.149. The number of nitrogen functional groups attached to an aromatic ring is 1. The van der Waals surface area contributed by atoms with Crippen LogP contribution in [-0.2, 0) is 0 Å². The van der Waals surface area contributed by atoms with Crippen LogP contribution in [0.5, 0.6) is 5.75 Å². The van der Waals surface area contributed by atoms with Crippen molar-refractivity contribution in [2.24, 2.45) is 5.92 Å². The Labute approximate surface area is 95.5 Å². The third kappa shape index (κ3) is 3.15. The number of para-hydroxylation sites is 1. The second kappa shape index (κ2) is 5.39. The topological polar surface area (TPSA) is 75.4 Å². The Kier molecular flexibility index (Phi) is 4.17. The maximum absolute atomic E-state index is 11.7. The second-order valence-electron chi connectivity index (χ2n) is 4.18. The molecule has 1 aromatic rings. The molecule has 1 aromatic carbocycles. The van der Waals surface area contributed by atoms with Gasteiger partial charge in [-0.3, -0.25) is 4.79 Å². The van der Waals surface area contributed by atoms with Crippen LogP contribution in [0.4, 0.5) is 5.69 Å². The molecular weight excluding hydrogens is 204 g/mol. The van der Waals surface area contributed by atoms with Gasteiger partial charge in [-0.1, -0.05) is 19.9 Å². The number of hydrogen-bond donors (Lipinski definition) is 3. The molecule has 0 bridgehead atoms. The minimum atomic E-state index is -0.287. The molecule has 0 aliphatic carbocycles. The number of nitrogens with two attached hydrogens (primary N) is 1. The highest BCUT2D eigenvalue weighted by atomic mass is 16.3. The summed E-state index contributed by atoms with van der Waals surface area (Å²) in [6, 6.07) is 4.75. The molecule has 4 N–H and O–H groups in total. The fraction of sp³-hybridized carbons (Fsp3) is 0.417. The first-order valence-corrected chi connectivity index (χ1v) is 5.38. The lowest BCUT2D eigenvalue weighted by Crippen LogP contribution is -2.25. The fourth-order valence-corrected chi connectivity index (χ4v) is 1.31. The summed E-state index contributed by atoms with van der Waals surface area (Å²) in [5.74, 6) is 0.102. The monoisotopic (exact) mass is 222 g/mol. The van der Waals surface area contributed by atoms with Crippen LogP contribution >= 0.6 is 0 Å². The summed E-state index contributed by atoms with van der Waals surface area (Å²) in [4.78, 5) is 11.7. The maximum atomic E-state index is 11.7. The van der Waals surface area contributed by atoms with Crippen molar-refractivity contribution in [2.45, 2.75) is 20.3 Å². The van der Waals surface area contributed by atoms with E-state index >= 15 is 0 Å². The van der Waals surface area contributed by atoms with Gasteiger partial charge in [-0.2, -0.15) is 0 Å². The highest BCUT2D eigenvalue weighted by Gasteiger charge is 2.12. The van der Waals surface area contributed by atoms with Gasteiger partial charge in [0.25, 0.3) is 5.91 Å². The molecule has 88 valence electrons. The Balaban J connectivity index is 2.63. The van der Waals surface area contributed by atoms with Crippen molar-refractivity contribution in [3.05, 3.63) is 23.8 Å². The number of phenols is 1. The van der Waals surface area contributed by atoms with E-state index in [4.69, 9.17) is 5.73 Å². The normalized spacial score (nSPS) is 10.4. The summed E-state index contributed by atoms with van der Waals surface area (Å²) in [5, 5.41) is 12.3. The zero-order valence-electron chi connectivity index (χ0n) is 9.66. The van der Waals surface area contributed by atoms with Gasteiger partial charge in [0.15, 0.2) is 5.75 Å². The third-order valence-corrected chi connectivity index (χ3v) is 2.32. The fourth-order valence-electron chi connectivity index (χ4n) is 1.31. The number of carbonyl (C=O) groups excluding carboxylic acids is 1. The Bertz CT molecular complexity index is 375. The van der Waals surface area contributed by atoms with Gasteiger partial charge in [0.05, 0.1) is 11.3 Å². The summed E-state index contributed by atoms with van der Waals surface area (Å²) in [5.41, 5.74) is 5.95. The van der Waals surface area contributed by atoms with E-state index in [0.29, 0.717) is 12.5 Å². The highest BCUT2D eigenvalue weighted by Crippen LogP contribution is 2.23. The molecule has 0 heterocycles. The average Bonchev–Trinajstić information content (AvgIpc) is 2.21. The van der Waals surface area contributed by atoms with Crippen LogP contribution < -0.4 is 11.1 Å². The standard InChI is InChI=1S/C12H18N2O2/c1-8(2)6-7-14-12(16)9-4-3-5-10(13)11(9)15/h3-5,8,15H,6-7,13H2,1-2H3,(H,14,16). The number of rotatable bonds is 4. The zero-order valence-corrected chi connectivity index (χ0v) is 9.66. The molecule has 0 unspecified atom stereocenters. The Morgan fingerprint density at radius 2 is 2.19 bits per heavy atom. The molecule has 0 spiro atoms. The molecule has 0 aliphatic rings. The van der Waals surface area contributed by atoms with E-state index in [2.05, 4.69) is 19.2 Å². The Hall–Kier alpha value is -1.71. The molecule has 4 nitrogen and oxygen atoms in total. The zero-order chi connectivity index (χ0) is 12.1. The number of phenolic OH excluding ortho intramolecular Hbond substituents is 1. The molecule has 0 atom stereocenters. The maximum Gasteiger partial charge on any atom is 0.255 e. The van der Waals surface area contributed by atoms with Gasteiger partial charge in [-0.25, -0.2) is 0 Å². The summed E-state index contributed by atoms with van der Waals surface area (Å²) in [6.45, 7) is 4.78. The van der Waals surface area contributed by atoms with E-state index in [9.17, 15) is 9.90 Å². The van der Waals surface area contributed by atoms with Crippen LogP contribution in [0.2, 0.25) is 0 Å². The summed E-state index contributed by atoms with van der Waals surface area (Å²) in [6.07, 6.45) is 0.912. The largest absolute Gasteiger partial charge is 0.505 e. The van der Waals surface area contributed by atoms with Crippen molar-refractivity contribution < 1.29 is 9.90 Å². The number of amides is 1. The molecule has 16 heavy (non-hydrogen) atoms. The molecule has 1 rings (SSSR count). The first-order chi connectivity index (χ1) is 7.52. The lowest BCUT2D eigenvalue weighted by atomic mass is 10.1. The van der Waals surface area contributed by atoms with Gasteiger partial charge < -0.3 is 16.2 Å². The van der Waals surface area contributed by atoms with Crippen LogP contribution in [0.25, 0.3) is 0 Å². The van der Waals surface area contributed by atoms with Crippen LogP contribution in [0.3, 0.4) is 0 Å². The molecule has 1 amide bonds. The first-order valence-electron chi connectivity index (χ1n) is 5.38. The molecule has 0 aliphatic heterocycles. The molecule has 0 radical (unpaired) electrons. The molecule has 0 aromatic heterocycles. The van der Waals surface area contributed by atoms with E-state index in [1.807, 2.05) is 0 Å². The first kappa shape index (κ1) is 12.4. The molecular formula is C12H18N2O2. The predicted octanol–water partition coefficient (Wildman–Crippen LogP) is 1.75. The molecule has 4 heteroatoms. The Morgan fingerprint density at radius 3 is 2.81 bits per heavy atom. The predicted molar refractivity (Wildman–Crippen MR) is 64.3 cm³/mol. The van der Waals surface area contributed by atoms with Crippen LogP contribution in [0, 0.1) is 5.92 Å². The highest BCUT2D eigenvalue weighted by molar-refractivity contribution is 5.98. The van der Waals surface area contributed by atoms with E-state index in [-0.39, 0.29) is 22.9 Å². The van der Waals surface area contributed by atoms with Gasteiger partial charge in [0.2, 0.25) is 0 Å². The Morgan fingerprint density at radius 1 is 1.50 bits per heavy atom. The number of aromatic hydroxyl groups is 1. The number of carbonyl (C=O) groups is 1. The third-order valence-electron chi connectivity index (χ3n) is 2.32. The van der Waals surface area contributed by atoms with Crippen molar-refractivity contribution >= 4 is 11.6 Å². The smallest absolute Gasteiger partial charge is 0.255 e. The van der Waals surface area contributed by atoms with E-state index in [0.717, 1.165) is 6.42 Å². The van der Waals surface area contributed by atoms with Crippen molar-refractivity contribution in [3.8, 4) is 5.75 Å². The van der Waals surface area contributed by atoms with Crippen molar-refractivity contribution in [1.82, 2.24) is 5.32 Å².